The van der Waals surface area contributed by atoms with E-state index in [2.05, 4.69) is 29.2 Å². The van der Waals surface area contributed by atoms with E-state index in [9.17, 15) is 0 Å². The van der Waals surface area contributed by atoms with Gasteiger partial charge in [-0.2, -0.15) is 0 Å². The number of anilines is 1. The first-order valence-electron chi connectivity index (χ1n) is 7.48. The van der Waals surface area contributed by atoms with Crippen LogP contribution in [0.2, 0.25) is 0 Å². The molecule has 0 radical (unpaired) electrons. The first-order chi connectivity index (χ1) is 10.3. The van der Waals surface area contributed by atoms with Crippen molar-refractivity contribution in [3.63, 3.8) is 0 Å². The summed E-state index contributed by atoms with van der Waals surface area (Å²) in [5.74, 6) is 0.870. The Bertz CT molecular complexity index is 624. The largest absolute Gasteiger partial charge is 0.497 e. The summed E-state index contributed by atoms with van der Waals surface area (Å²) in [6, 6.07) is 14.6. The highest BCUT2D eigenvalue weighted by atomic mass is 16.5. The minimum Gasteiger partial charge on any atom is -0.497 e. The molecule has 0 saturated heterocycles. The van der Waals surface area contributed by atoms with Crippen molar-refractivity contribution in [3.05, 3.63) is 59.2 Å². The predicted molar refractivity (Wildman–Crippen MR) is 86.3 cm³/mol. The molecule has 2 N–H and O–H groups in total. The van der Waals surface area contributed by atoms with Crippen molar-refractivity contribution in [1.82, 2.24) is 4.90 Å². The number of aryl methyl sites for hydroxylation is 1. The van der Waals surface area contributed by atoms with Crippen LogP contribution < -0.4 is 10.5 Å². The number of hydrogen-bond acceptors (Lipinski definition) is 3. The van der Waals surface area contributed by atoms with E-state index < -0.39 is 0 Å². The summed E-state index contributed by atoms with van der Waals surface area (Å²) in [5, 5.41) is 0. The van der Waals surface area contributed by atoms with Crippen LogP contribution in [0, 0.1) is 0 Å². The molecule has 1 aliphatic rings. The fraction of sp³-hybridized carbons (Fsp3) is 0.333. The number of ether oxygens (including phenoxy) is 1. The Labute approximate surface area is 126 Å². The van der Waals surface area contributed by atoms with Crippen LogP contribution in [0.25, 0.3) is 0 Å². The van der Waals surface area contributed by atoms with Crippen molar-refractivity contribution in [3.8, 4) is 5.75 Å². The van der Waals surface area contributed by atoms with Crippen LogP contribution >= 0.6 is 0 Å². The molecule has 110 valence electrons. The second-order valence-electron chi connectivity index (χ2n) is 5.65. The lowest BCUT2D eigenvalue weighted by Gasteiger charge is -2.21. The molecule has 0 aromatic heterocycles. The van der Waals surface area contributed by atoms with Gasteiger partial charge in [0, 0.05) is 18.8 Å². The number of rotatable bonds is 3. The number of hydrogen-bond donors (Lipinski definition) is 1. The Morgan fingerprint density at radius 2 is 1.95 bits per heavy atom. The van der Waals surface area contributed by atoms with Crippen molar-refractivity contribution in [2.75, 3.05) is 19.4 Å². The molecule has 21 heavy (non-hydrogen) atoms. The molecule has 3 rings (SSSR count). The molecule has 2 aromatic carbocycles. The summed E-state index contributed by atoms with van der Waals surface area (Å²) in [4.78, 5) is 2.47. The number of nitrogens with zero attached hydrogens (tertiary/aromatic N) is 1. The fourth-order valence-corrected chi connectivity index (χ4v) is 2.99. The average molecular weight is 282 g/mol. The van der Waals surface area contributed by atoms with Gasteiger partial charge >= 0.3 is 0 Å². The highest BCUT2D eigenvalue weighted by Crippen LogP contribution is 2.24. The number of nitrogen functional groups attached to an aromatic ring is 1. The van der Waals surface area contributed by atoms with E-state index in [0.717, 1.165) is 36.6 Å². The molecular weight excluding hydrogens is 260 g/mol. The zero-order valence-corrected chi connectivity index (χ0v) is 12.5. The average Bonchev–Trinajstić information content (AvgIpc) is 2.71. The number of nitrogens with two attached hydrogens (primary N) is 1. The minimum absolute atomic E-state index is 0.841. The lowest BCUT2D eigenvalue weighted by Crippen LogP contribution is -2.23. The van der Waals surface area contributed by atoms with Gasteiger partial charge in [-0.3, -0.25) is 4.90 Å². The van der Waals surface area contributed by atoms with Crippen molar-refractivity contribution in [2.24, 2.45) is 0 Å². The van der Waals surface area contributed by atoms with Gasteiger partial charge < -0.3 is 10.5 Å². The van der Waals surface area contributed by atoms with Crippen molar-refractivity contribution in [1.29, 1.82) is 0 Å². The quantitative estimate of drug-likeness (QED) is 0.878. The standard InChI is InChI=1S/C18H22N2O/c1-21-17-8-9-18(19)16(11-17)13-20-10-4-7-14-5-2-3-6-15(14)12-20/h2-3,5-6,8-9,11H,4,7,10,12-13,19H2,1H3. The van der Waals surface area contributed by atoms with E-state index in [1.807, 2.05) is 18.2 Å². The van der Waals surface area contributed by atoms with Gasteiger partial charge in [0.25, 0.3) is 0 Å². The summed E-state index contributed by atoms with van der Waals surface area (Å²) in [7, 11) is 1.69. The first-order valence-corrected chi connectivity index (χ1v) is 7.48. The zero-order chi connectivity index (χ0) is 14.7. The van der Waals surface area contributed by atoms with E-state index in [1.54, 1.807) is 7.11 Å². The van der Waals surface area contributed by atoms with Crippen LogP contribution in [0.15, 0.2) is 42.5 Å². The highest BCUT2D eigenvalue weighted by molar-refractivity contribution is 5.50. The molecule has 3 heteroatoms. The molecule has 0 bridgehead atoms. The smallest absolute Gasteiger partial charge is 0.119 e. The molecule has 0 unspecified atom stereocenters. The van der Waals surface area contributed by atoms with Gasteiger partial charge in [-0.15, -0.1) is 0 Å². The molecule has 1 heterocycles. The van der Waals surface area contributed by atoms with Crippen LogP contribution in [0.5, 0.6) is 5.75 Å². The highest BCUT2D eigenvalue weighted by Gasteiger charge is 2.15. The third kappa shape index (κ3) is 3.19. The molecule has 1 aliphatic heterocycles. The summed E-state index contributed by atoms with van der Waals surface area (Å²) in [5.41, 5.74) is 11.0. The second-order valence-corrected chi connectivity index (χ2v) is 5.65. The van der Waals surface area contributed by atoms with Gasteiger partial charge in [0.05, 0.1) is 7.11 Å². The van der Waals surface area contributed by atoms with Crippen LogP contribution in [0.1, 0.15) is 23.1 Å². The molecule has 2 aromatic rings. The molecule has 3 nitrogen and oxygen atoms in total. The summed E-state index contributed by atoms with van der Waals surface area (Å²) >= 11 is 0. The molecule has 0 atom stereocenters. The van der Waals surface area contributed by atoms with Crippen molar-refractivity contribution < 1.29 is 4.74 Å². The van der Waals surface area contributed by atoms with E-state index in [0.29, 0.717) is 0 Å². The summed E-state index contributed by atoms with van der Waals surface area (Å²) < 4.78 is 5.31. The van der Waals surface area contributed by atoms with Gasteiger partial charge in [-0.1, -0.05) is 24.3 Å². The lowest BCUT2D eigenvalue weighted by molar-refractivity contribution is 0.261. The number of methoxy groups -OCH3 is 1. The normalized spacial score (nSPS) is 15.3. The molecule has 0 aliphatic carbocycles. The maximum atomic E-state index is 6.11. The van der Waals surface area contributed by atoms with Crippen LogP contribution in [0.4, 0.5) is 5.69 Å². The van der Waals surface area contributed by atoms with E-state index in [4.69, 9.17) is 10.5 Å². The summed E-state index contributed by atoms with van der Waals surface area (Å²) in [6.45, 7) is 2.97. The molecule has 0 amide bonds. The van der Waals surface area contributed by atoms with Gasteiger partial charge in [-0.05, 0) is 54.3 Å². The van der Waals surface area contributed by atoms with E-state index in [-0.39, 0.29) is 0 Å². The van der Waals surface area contributed by atoms with Crippen molar-refractivity contribution >= 4 is 5.69 Å². The zero-order valence-electron chi connectivity index (χ0n) is 12.5. The van der Waals surface area contributed by atoms with Gasteiger partial charge in [0.2, 0.25) is 0 Å². The fourth-order valence-electron chi connectivity index (χ4n) is 2.99. The SMILES string of the molecule is COc1ccc(N)c(CN2CCCc3ccccc3C2)c1. The molecule has 0 spiro atoms. The second kappa shape index (κ2) is 6.19. The lowest BCUT2D eigenvalue weighted by atomic mass is 10.0. The Hall–Kier alpha value is -2.00. The third-order valence-electron chi connectivity index (χ3n) is 4.18. The Morgan fingerprint density at radius 3 is 2.76 bits per heavy atom. The molecule has 0 fully saturated rings. The predicted octanol–water partition coefficient (Wildman–Crippen LogP) is 3.23. The van der Waals surface area contributed by atoms with Gasteiger partial charge in [-0.25, -0.2) is 0 Å². The maximum Gasteiger partial charge on any atom is 0.119 e. The maximum absolute atomic E-state index is 6.11. The topological polar surface area (TPSA) is 38.5 Å². The van der Waals surface area contributed by atoms with Crippen molar-refractivity contribution in [2.45, 2.75) is 25.9 Å². The Morgan fingerprint density at radius 1 is 1.14 bits per heavy atom. The Balaban J connectivity index is 1.79. The number of benzene rings is 2. The minimum atomic E-state index is 0.841. The third-order valence-corrected chi connectivity index (χ3v) is 4.18. The Kier molecular flexibility index (Phi) is 4.11. The van der Waals surface area contributed by atoms with Crippen LogP contribution in [0.3, 0.4) is 0 Å². The first kappa shape index (κ1) is 14.0. The molecular formula is C18H22N2O. The number of fused-ring (bicyclic) bond motifs is 1. The van der Waals surface area contributed by atoms with Crippen LogP contribution in [-0.4, -0.2) is 18.6 Å². The van der Waals surface area contributed by atoms with Gasteiger partial charge in [0.1, 0.15) is 5.75 Å². The van der Waals surface area contributed by atoms with Gasteiger partial charge in [0.15, 0.2) is 0 Å². The monoisotopic (exact) mass is 282 g/mol. The van der Waals surface area contributed by atoms with E-state index >= 15 is 0 Å². The summed E-state index contributed by atoms with van der Waals surface area (Å²) in [6.07, 6.45) is 2.36. The van der Waals surface area contributed by atoms with Crippen LogP contribution in [-0.2, 0) is 19.5 Å². The van der Waals surface area contributed by atoms with E-state index in [1.165, 1.54) is 24.0 Å². The molecule has 0 saturated carbocycles.